The van der Waals surface area contributed by atoms with Crippen molar-refractivity contribution >= 4 is 0 Å². The van der Waals surface area contributed by atoms with Gasteiger partial charge in [0.25, 0.3) is 0 Å². The van der Waals surface area contributed by atoms with Crippen LogP contribution in [0.5, 0.6) is 0 Å². The maximum atomic E-state index is 9.09. The maximum Gasteiger partial charge on any atom is 0.0615 e. The molecule has 0 saturated heterocycles. The molecule has 3 nitrogen and oxygen atoms in total. The summed E-state index contributed by atoms with van der Waals surface area (Å²) in [6.07, 6.45) is 3.25. The van der Waals surface area contributed by atoms with Gasteiger partial charge >= 0.3 is 0 Å². The van der Waals surface area contributed by atoms with Gasteiger partial charge in [0.1, 0.15) is 0 Å². The van der Waals surface area contributed by atoms with Gasteiger partial charge in [-0.2, -0.15) is 0 Å². The van der Waals surface area contributed by atoms with Gasteiger partial charge in [0, 0.05) is 19.8 Å². The molecule has 0 bridgehead atoms. The predicted molar refractivity (Wildman–Crippen MR) is 64.1 cm³/mol. The highest BCUT2D eigenvalue weighted by molar-refractivity contribution is 4.69. The molecule has 0 aliphatic heterocycles. The SMILES string of the molecule is CCC(COC)NCCCC(C)(C)CO. The van der Waals surface area contributed by atoms with Crippen molar-refractivity contribution in [3.8, 4) is 0 Å². The first-order valence-electron chi connectivity index (χ1n) is 5.89. The first-order chi connectivity index (χ1) is 7.05. The number of aliphatic hydroxyl groups excluding tert-OH is 1. The van der Waals surface area contributed by atoms with Crippen molar-refractivity contribution in [2.75, 3.05) is 26.9 Å². The van der Waals surface area contributed by atoms with Crippen LogP contribution in [0.15, 0.2) is 0 Å². The van der Waals surface area contributed by atoms with E-state index < -0.39 is 0 Å². The summed E-state index contributed by atoms with van der Waals surface area (Å²) in [7, 11) is 1.74. The van der Waals surface area contributed by atoms with Crippen LogP contribution in [-0.4, -0.2) is 38.0 Å². The lowest BCUT2D eigenvalue weighted by Crippen LogP contribution is -2.33. The summed E-state index contributed by atoms with van der Waals surface area (Å²) < 4.78 is 5.11. The molecule has 0 radical (unpaired) electrons. The lowest BCUT2D eigenvalue weighted by molar-refractivity contribution is 0.143. The zero-order chi connectivity index (χ0) is 11.7. The number of hydrogen-bond acceptors (Lipinski definition) is 3. The number of rotatable bonds is 9. The lowest BCUT2D eigenvalue weighted by Gasteiger charge is -2.22. The van der Waals surface area contributed by atoms with Gasteiger partial charge in [0.2, 0.25) is 0 Å². The Bertz CT molecular complexity index is 149. The molecule has 2 N–H and O–H groups in total. The predicted octanol–water partition coefficient (Wildman–Crippen LogP) is 1.80. The van der Waals surface area contributed by atoms with Crippen LogP contribution in [0.25, 0.3) is 0 Å². The van der Waals surface area contributed by atoms with E-state index in [1.165, 1.54) is 0 Å². The third-order valence-electron chi connectivity index (χ3n) is 2.75. The molecule has 0 heterocycles. The molecule has 0 saturated carbocycles. The average molecular weight is 217 g/mol. The first-order valence-corrected chi connectivity index (χ1v) is 5.89. The number of aliphatic hydroxyl groups is 1. The monoisotopic (exact) mass is 217 g/mol. The molecule has 0 aromatic heterocycles. The molecule has 15 heavy (non-hydrogen) atoms. The van der Waals surface area contributed by atoms with Crippen LogP contribution in [0.4, 0.5) is 0 Å². The number of hydrogen-bond donors (Lipinski definition) is 2. The van der Waals surface area contributed by atoms with E-state index in [4.69, 9.17) is 9.84 Å². The third-order valence-corrected chi connectivity index (χ3v) is 2.75. The van der Waals surface area contributed by atoms with Crippen molar-refractivity contribution in [1.82, 2.24) is 5.32 Å². The van der Waals surface area contributed by atoms with E-state index in [0.717, 1.165) is 32.4 Å². The van der Waals surface area contributed by atoms with Gasteiger partial charge in [-0.05, 0) is 31.2 Å². The Morgan fingerprint density at radius 2 is 2.07 bits per heavy atom. The van der Waals surface area contributed by atoms with E-state index in [0.29, 0.717) is 6.04 Å². The fourth-order valence-electron chi connectivity index (χ4n) is 1.47. The van der Waals surface area contributed by atoms with Crippen LogP contribution < -0.4 is 5.32 Å². The minimum atomic E-state index is 0.0602. The van der Waals surface area contributed by atoms with Gasteiger partial charge in [-0.3, -0.25) is 0 Å². The molecular formula is C12H27NO2. The van der Waals surface area contributed by atoms with Crippen molar-refractivity contribution in [1.29, 1.82) is 0 Å². The van der Waals surface area contributed by atoms with Crippen LogP contribution in [0.3, 0.4) is 0 Å². The maximum absolute atomic E-state index is 9.09. The Hall–Kier alpha value is -0.120. The summed E-state index contributed by atoms with van der Waals surface area (Å²) in [5.74, 6) is 0. The summed E-state index contributed by atoms with van der Waals surface area (Å²) >= 11 is 0. The van der Waals surface area contributed by atoms with Crippen molar-refractivity contribution in [3.05, 3.63) is 0 Å². The van der Waals surface area contributed by atoms with Crippen LogP contribution in [0, 0.1) is 5.41 Å². The summed E-state index contributed by atoms with van der Waals surface area (Å²) in [6.45, 7) is 8.40. The molecule has 0 amide bonds. The van der Waals surface area contributed by atoms with E-state index >= 15 is 0 Å². The highest BCUT2D eigenvalue weighted by Crippen LogP contribution is 2.20. The van der Waals surface area contributed by atoms with E-state index in [1.807, 2.05) is 0 Å². The van der Waals surface area contributed by atoms with Gasteiger partial charge < -0.3 is 15.2 Å². The molecule has 3 heteroatoms. The van der Waals surface area contributed by atoms with E-state index in [-0.39, 0.29) is 12.0 Å². The molecule has 0 aliphatic carbocycles. The quantitative estimate of drug-likeness (QED) is 0.579. The largest absolute Gasteiger partial charge is 0.396 e. The first kappa shape index (κ1) is 14.9. The van der Waals surface area contributed by atoms with Crippen molar-refractivity contribution in [2.24, 2.45) is 5.41 Å². The molecular weight excluding hydrogens is 190 g/mol. The minimum absolute atomic E-state index is 0.0602. The molecule has 0 rings (SSSR count). The van der Waals surface area contributed by atoms with E-state index in [2.05, 4.69) is 26.1 Å². The standard InChI is InChI=1S/C12H27NO2/c1-5-11(9-15-4)13-8-6-7-12(2,3)10-14/h11,13-14H,5-10H2,1-4H3. The van der Waals surface area contributed by atoms with Gasteiger partial charge in [0.05, 0.1) is 6.61 Å². The summed E-state index contributed by atoms with van der Waals surface area (Å²) in [5.41, 5.74) is 0.0602. The van der Waals surface area contributed by atoms with Gasteiger partial charge in [0.15, 0.2) is 0 Å². The second-order valence-corrected chi connectivity index (χ2v) is 4.94. The van der Waals surface area contributed by atoms with Crippen LogP contribution in [0.1, 0.15) is 40.0 Å². The molecule has 0 aromatic rings. The number of nitrogens with one attached hydrogen (secondary N) is 1. The highest BCUT2D eigenvalue weighted by atomic mass is 16.5. The van der Waals surface area contributed by atoms with E-state index in [1.54, 1.807) is 7.11 Å². The third kappa shape index (κ3) is 7.77. The Kier molecular flexibility index (Phi) is 8.02. The molecule has 1 unspecified atom stereocenters. The topological polar surface area (TPSA) is 41.5 Å². The van der Waals surface area contributed by atoms with Crippen LogP contribution in [-0.2, 0) is 4.74 Å². The van der Waals surface area contributed by atoms with Gasteiger partial charge in [-0.25, -0.2) is 0 Å². The van der Waals surface area contributed by atoms with Crippen molar-refractivity contribution in [3.63, 3.8) is 0 Å². The van der Waals surface area contributed by atoms with Gasteiger partial charge in [-0.15, -0.1) is 0 Å². The summed E-state index contributed by atoms with van der Waals surface area (Å²) in [6, 6.07) is 0.465. The highest BCUT2D eigenvalue weighted by Gasteiger charge is 2.15. The van der Waals surface area contributed by atoms with E-state index in [9.17, 15) is 0 Å². The van der Waals surface area contributed by atoms with Crippen LogP contribution >= 0.6 is 0 Å². The molecule has 0 fully saturated rings. The molecule has 0 aliphatic rings. The van der Waals surface area contributed by atoms with Crippen molar-refractivity contribution in [2.45, 2.75) is 46.1 Å². The molecule has 1 atom stereocenters. The average Bonchev–Trinajstić information content (AvgIpc) is 2.22. The smallest absolute Gasteiger partial charge is 0.0615 e. The minimum Gasteiger partial charge on any atom is -0.396 e. The van der Waals surface area contributed by atoms with Crippen LogP contribution in [0.2, 0.25) is 0 Å². The molecule has 0 spiro atoms. The van der Waals surface area contributed by atoms with Crippen molar-refractivity contribution < 1.29 is 9.84 Å². The molecule has 0 aromatic carbocycles. The Labute approximate surface area is 94.2 Å². The van der Waals surface area contributed by atoms with Gasteiger partial charge in [-0.1, -0.05) is 20.8 Å². The zero-order valence-corrected chi connectivity index (χ0v) is 10.7. The number of ether oxygens (including phenoxy) is 1. The lowest BCUT2D eigenvalue weighted by atomic mass is 9.89. The Morgan fingerprint density at radius 3 is 2.53 bits per heavy atom. The fourth-order valence-corrected chi connectivity index (χ4v) is 1.47. The fraction of sp³-hybridized carbons (Fsp3) is 1.00. The molecule has 92 valence electrons. The summed E-state index contributed by atoms with van der Waals surface area (Å²) in [5, 5.41) is 12.6. The normalized spacial score (nSPS) is 14.2. The Morgan fingerprint density at radius 1 is 1.40 bits per heavy atom. The summed E-state index contributed by atoms with van der Waals surface area (Å²) in [4.78, 5) is 0. The zero-order valence-electron chi connectivity index (χ0n) is 10.7. The number of methoxy groups -OCH3 is 1. The Balaban J connectivity index is 3.52. The second-order valence-electron chi connectivity index (χ2n) is 4.94. The second kappa shape index (κ2) is 8.08.